The number of aryl methyl sites for hydroxylation is 2. The van der Waals surface area contributed by atoms with Gasteiger partial charge in [0.15, 0.2) is 11.5 Å². The van der Waals surface area contributed by atoms with E-state index < -0.39 is 0 Å². The zero-order valence-corrected chi connectivity index (χ0v) is 18.9. The number of H-pyrrole nitrogens is 1. The van der Waals surface area contributed by atoms with E-state index >= 15 is 0 Å². The number of tetrazole rings is 1. The summed E-state index contributed by atoms with van der Waals surface area (Å²) in [6, 6.07) is 12.3. The number of aromatic nitrogens is 8. The molecule has 1 N–H and O–H groups in total. The Labute approximate surface area is 190 Å². The van der Waals surface area contributed by atoms with Crippen LogP contribution >= 0.6 is 11.6 Å². The predicted octanol–water partition coefficient (Wildman–Crippen LogP) is 4.67. The van der Waals surface area contributed by atoms with Crippen molar-refractivity contribution >= 4 is 22.8 Å². The molecule has 0 atom stereocenters. The first-order valence-corrected chi connectivity index (χ1v) is 11.0. The van der Waals surface area contributed by atoms with Gasteiger partial charge in [-0.1, -0.05) is 30.7 Å². The third-order valence-electron chi connectivity index (χ3n) is 5.70. The minimum Gasteiger partial charge on any atom is -0.309 e. The minimum absolute atomic E-state index is 0.569. The number of hydrogen-bond donors (Lipinski definition) is 1. The van der Waals surface area contributed by atoms with Crippen LogP contribution < -0.4 is 0 Å². The first-order chi connectivity index (χ1) is 15.6. The summed E-state index contributed by atoms with van der Waals surface area (Å²) < 4.78 is 4.28. The van der Waals surface area contributed by atoms with E-state index in [2.05, 4.69) is 68.3 Å². The molecule has 0 aliphatic rings. The van der Waals surface area contributed by atoms with Crippen LogP contribution in [0, 0.1) is 13.8 Å². The lowest BCUT2D eigenvalue weighted by Crippen LogP contribution is -2.06. The number of benzene rings is 1. The molecule has 4 aromatic heterocycles. The molecule has 0 saturated heterocycles. The Kier molecular flexibility index (Phi) is 5.22. The van der Waals surface area contributed by atoms with Gasteiger partial charge in [-0.25, -0.2) is 15.1 Å². The highest BCUT2D eigenvalue weighted by Gasteiger charge is 2.17. The molecule has 5 aromatic rings. The van der Waals surface area contributed by atoms with Gasteiger partial charge in [-0.2, -0.15) is 0 Å². The van der Waals surface area contributed by atoms with E-state index in [1.54, 1.807) is 0 Å². The third kappa shape index (κ3) is 3.46. The van der Waals surface area contributed by atoms with Gasteiger partial charge in [-0.05, 0) is 66.1 Å². The Bertz CT molecular complexity index is 1380. The predicted molar refractivity (Wildman–Crippen MR) is 124 cm³/mol. The van der Waals surface area contributed by atoms with Gasteiger partial charge in [0.2, 0.25) is 0 Å². The number of rotatable bonds is 6. The molecule has 8 nitrogen and oxygen atoms in total. The molecule has 0 radical (unpaired) electrons. The molecule has 32 heavy (non-hydrogen) atoms. The summed E-state index contributed by atoms with van der Waals surface area (Å²) in [5.74, 6) is 1.64. The molecule has 4 heterocycles. The summed E-state index contributed by atoms with van der Waals surface area (Å²) in [7, 11) is 0. The largest absolute Gasteiger partial charge is 0.309 e. The minimum atomic E-state index is 0.569. The highest BCUT2D eigenvalue weighted by molar-refractivity contribution is 6.31. The van der Waals surface area contributed by atoms with Gasteiger partial charge in [0.25, 0.3) is 0 Å². The van der Waals surface area contributed by atoms with E-state index in [0.717, 1.165) is 52.5 Å². The van der Waals surface area contributed by atoms with Gasteiger partial charge >= 0.3 is 0 Å². The lowest BCUT2D eigenvalue weighted by Gasteiger charge is -2.12. The van der Waals surface area contributed by atoms with Crippen molar-refractivity contribution in [3.63, 3.8) is 0 Å². The molecule has 0 amide bonds. The molecule has 5 rings (SSSR count). The van der Waals surface area contributed by atoms with Crippen LogP contribution in [0.25, 0.3) is 28.4 Å². The van der Waals surface area contributed by atoms with Crippen molar-refractivity contribution in [2.24, 2.45) is 0 Å². The van der Waals surface area contributed by atoms with E-state index in [1.165, 1.54) is 5.56 Å². The van der Waals surface area contributed by atoms with E-state index in [-0.39, 0.29) is 0 Å². The fourth-order valence-electron chi connectivity index (χ4n) is 4.05. The van der Waals surface area contributed by atoms with Crippen LogP contribution in [-0.4, -0.2) is 39.7 Å². The van der Waals surface area contributed by atoms with Crippen molar-refractivity contribution in [3.8, 4) is 17.2 Å². The molecule has 0 unspecified atom stereocenters. The highest BCUT2D eigenvalue weighted by atomic mass is 35.5. The van der Waals surface area contributed by atoms with Crippen molar-refractivity contribution in [1.29, 1.82) is 0 Å². The van der Waals surface area contributed by atoms with Gasteiger partial charge in [-0.3, -0.25) is 0 Å². The Morgan fingerprint density at radius 1 is 1.09 bits per heavy atom. The number of pyridine rings is 1. The second-order valence-electron chi connectivity index (χ2n) is 7.88. The number of nitrogens with one attached hydrogen (secondary N) is 1. The van der Waals surface area contributed by atoms with Crippen molar-refractivity contribution < 1.29 is 0 Å². The van der Waals surface area contributed by atoms with Crippen LogP contribution in [0.3, 0.4) is 0 Å². The number of nitrogens with zero attached hydrogens (tertiary/aromatic N) is 7. The molecular formula is C23H23ClN8. The van der Waals surface area contributed by atoms with Crippen molar-refractivity contribution in [2.45, 2.75) is 40.2 Å². The third-order valence-corrected chi connectivity index (χ3v) is 6.08. The maximum absolute atomic E-state index is 6.42. The molecule has 0 aliphatic carbocycles. The molecule has 0 spiro atoms. The van der Waals surface area contributed by atoms with Gasteiger partial charge in [0.1, 0.15) is 11.3 Å². The second kappa shape index (κ2) is 8.20. The summed E-state index contributed by atoms with van der Waals surface area (Å²) in [6.07, 6.45) is 3.81. The summed E-state index contributed by atoms with van der Waals surface area (Å²) in [6.45, 7) is 6.95. The topological polar surface area (TPSA) is 90.1 Å². The zero-order valence-electron chi connectivity index (χ0n) is 18.2. The van der Waals surface area contributed by atoms with Gasteiger partial charge in [0.05, 0.1) is 17.3 Å². The van der Waals surface area contributed by atoms with Gasteiger partial charge in [-0.15, -0.1) is 5.10 Å². The molecule has 0 fully saturated rings. The number of hydrogen-bond acceptors (Lipinski definition) is 5. The number of fused-ring (bicyclic) bond motifs is 1. The quantitative estimate of drug-likeness (QED) is 0.409. The van der Waals surface area contributed by atoms with Gasteiger partial charge in [0, 0.05) is 24.0 Å². The molecule has 9 heteroatoms. The average Bonchev–Trinajstić information content (AvgIpc) is 3.50. The van der Waals surface area contributed by atoms with E-state index in [9.17, 15) is 0 Å². The fraction of sp³-hybridized carbons (Fsp3) is 0.261. The Morgan fingerprint density at radius 2 is 1.91 bits per heavy atom. The SMILES string of the molecule is CCCc1nc2c(C)ccnc2n1Cc1ccc(-n2c(-c3nnn[nH]3)cc(Cl)c2C)cc1. The van der Waals surface area contributed by atoms with Crippen molar-refractivity contribution in [2.75, 3.05) is 0 Å². The number of halogens is 1. The number of imidazole rings is 1. The van der Waals surface area contributed by atoms with Crippen LogP contribution in [0.2, 0.25) is 5.02 Å². The Balaban J connectivity index is 1.52. The van der Waals surface area contributed by atoms with Crippen LogP contribution in [0.5, 0.6) is 0 Å². The first-order valence-electron chi connectivity index (χ1n) is 10.6. The number of aromatic amines is 1. The lowest BCUT2D eigenvalue weighted by atomic mass is 10.2. The second-order valence-corrected chi connectivity index (χ2v) is 8.29. The molecule has 0 saturated carbocycles. The Hall–Kier alpha value is -3.52. The van der Waals surface area contributed by atoms with Crippen molar-refractivity contribution in [3.05, 3.63) is 70.3 Å². The van der Waals surface area contributed by atoms with Crippen LogP contribution in [-0.2, 0) is 13.0 Å². The molecule has 0 aliphatic heterocycles. The van der Waals surface area contributed by atoms with Crippen LogP contribution in [0.1, 0.15) is 36.0 Å². The Morgan fingerprint density at radius 3 is 2.62 bits per heavy atom. The van der Waals surface area contributed by atoms with Crippen molar-refractivity contribution in [1.82, 2.24) is 39.7 Å². The lowest BCUT2D eigenvalue weighted by molar-refractivity contribution is 0.716. The molecule has 162 valence electrons. The normalized spacial score (nSPS) is 11.5. The standard InChI is InChI=1S/C23H23ClN8/c1-4-5-20-26-21-14(2)10-11-25-23(21)31(20)13-16-6-8-17(9-7-16)32-15(3)18(24)12-19(32)22-27-29-30-28-22/h6-12H,4-5,13H2,1-3H3,(H,27,28,29,30). The summed E-state index contributed by atoms with van der Waals surface area (Å²) in [5.41, 5.74) is 6.97. The maximum Gasteiger partial charge on any atom is 0.196 e. The first kappa shape index (κ1) is 20.4. The maximum atomic E-state index is 6.42. The fourth-order valence-corrected chi connectivity index (χ4v) is 4.24. The van der Waals surface area contributed by atoms with E-state index in [1.807, 2.05) is 29.8 Å². The average molecular weight is 447 g/mol. The highest BCUT2D eigenvalue weighted by Crippen LogP contribution is 2.30. The molecule has 0 bridgehead atoms. The monoisotopic (exact) mass is 446 g/mol. The smallest absolute Gasteiger partial charge is 0.196 e. The molecular weight excluding hydrogens is 424 g/mol. The van der Waals surface area contributed by atoms with Gasteiger partial charge < -0.3 is 9.13 Å². The summed E-state index contributed by atoms with van der Waals surface area (Å²) >= 11 is 6.42. The van der Waals surface area contributed by atoms with E-state index in [4.69, 9.17) is 16.6 Å². The van der Waals surface area contributed by atoms with E-state index in [0.29, 0.717) is 17.4 Å². The summed E-state index contributed by atoms with van der Waals surface area (Å²) in [5, 5.41) is 14.9. The molecule has 1 aromatic carbocycles. The zero-order chi connectivity index (χ0) is 22.2. The van der Waals surface area contributed by atoms with Crippen LogP contribution in [0.15, 0.2) is 42.6 Å². The summed E-state index contributed by atoms with van der Waals surface area (Å²) in [4.78, 5) is 9.50. The van der Waals surface area contributed by atoms with Crippen LogP contribution in [0.4, 0.5) is 0 Å².